The third kappa shape index (κ3) is 29.1. The molecule has 11 atom stereocenters. The number of hydrogen-bond donors (Lipinski definition) is 6. The Balaban J connectivity index is 1.32. The molecule has 0 aromatic carbocycles. The van der Waals surface area contributed by atoms with Crippen molar-refractivity contribution < 1.29 is 61.8 Å². The highest BCUT2D eigenvalue weighted by atomic mass is 31.2. The molecule has 4 heterocycles. The number of ether oxygens (including phenoxy) is 3. The van der Waals surface area contributed by atoms with Crippen LogP contribution in [0.25, 0.3) is 10.4 Å². The van der Waals surface area contributed by atoms with E-state index in [2.05, 4.69) is 39.2 Å². The lowest BCUT2D eigenvalue weighted by Crippen LogP contribution is -2.43. The number of anilines is 1. The minimum Gasteiger partial charge on any atom is -0.756 e. The van der Waals surface area contributed by atoms with Crippen LogP contribution in [0.4, 0.5) is 5.82 Å². The van der Waals surface area contributed by atoms with Crippen LogP contribution in [0.2, 0.25) is 0 Å². The van der Waals surface area contributed by atoms with Crippen LogP contribution in [0.1, 0.15) is 250 Å². The van der Waals surface area contributed by atoms with Crippen molar-refractivity contribution in [3.63, 3.8) is 0 Å². The SMILES string of the molecule is CCCCCCCCCCCCCCCCCCNc1ccn(C2OC(C(CC(COP(=O)(O)OCC3OC(n4cc(C)c(=O)[nH]c4=O)CC3N=[N+]=[N-])OCCCCCCCCCCCCCCCCCC)OP(=O)([O-])O)C(O)C2O)c(=O)n1. The monoisotopic (exact) mass is 1230 g/mol. The van der Waals surface area contributed by atoms with Crippen molar-refractivity contribution in [2.45, 2.75) is 294 Å². The van der Waals surface area contributed by atoms with Gasteiger partial charge in [-0.05, 0) is 31.4 Å². The number of aryl methyl sites for hydroxylation is 1. The Labute approximate surface area is 497 Å². The summed E-state index contributed by atoms with van der Waals surface area (Å²) in [5, 5.41) is 29.5. The van der Waals surface area contributed by atoms with E-state index in [1.807, 2.05) is 0 Å². The molecule has 2 aromatic heterocycles. The topological polar surface area (TPSA) is 344 Å². The maximum atomic E-state index is 13.5. The Hall–Kier alpha value is -3.31. The van der Waals surface area contributed by atoms with E-state index in [-0.39, 0.29) is 18.6 Å². The van der Waals surface area contributed by atoms with Gasteiger partial charge in [0, 0.05) is 48.9 Å². The van der Waals surface area contributed by atoms with Gasteiger partial charge < -0.3 is 48.9 Å². The number of H-pyrrole nitrogens is 1. The molecule has 84 heavy (non-hydrogen) atoms. The largest absolute Gasteiger partial charge is 0.756 e. The van der Waals surface area contributed by atoms with E-state index in [1.54, 1.807) is 0 Å². The van der Waals surface area contributed by atoms with Crippen molar-refractivity contribution in [3.05, 3.63) is 65.8 Å². The number of rotatable bonds is 50. The number of aliphatic hydroxyl groups excluding tert-OH is 2. The van der Waals surface area contributed by atoms with Crippen LogP contribution >= 0.6 is 15.6 Å². The quantitative estimate of drug-likeness (QED) is 0.0118. The lowest BCUT2D eigenvalue weighted by molar-refractivity contribution is -0.231. The Morgan fingerprint density at radius 2 is 1.27 bits per heavy atom. The van der Waals surface area contributed by atoms with Gasteiger partial charge in [0.05, 0.1) is 37.6 Å². The van der Waals surface area contributed by atoms with Crippen LogP contribution in [-0.2, 0) is 36.9 Å². The number of nitrogens with zero attached hydrogens (tertiary/aromatic N) is 6. The molecule has 0 spiro atoms. The van der Waals surface area contributed by atoms with Gasteiger partial charge in [0.15, 0.2) is 6.23 Å². The van der Waals surface area contributed by atoms with Crippen molar-refractivity contribution in [1.29, 1.82) is 0 Å². The predicted molar refractivity (Wildman–Crippen MR) is 320 cm³/mol. The smallest absolute Gasteiger partial charge is 0.472 e. The first-order valence-electron chi connectivity index (χ1n) is 31.8. The van der Waals surface area contributed by atoms with Crippen molar-refractivity contribution in [1.82, 2.24) is 19.1 Å². The fourth-order valence-corrected chi connectivity index (χ4v) is 12.3. The highest BCUT2D eigenvalue weighted by molar-refractivity contribution is 7.47. The highest BCUT2D eigenvalue weighted by Crippen LogP contribution is 2.46. The van der Waals surface area contributed by atoms with Gasteiger partial charge in [0.25, 0.3) is 13.4 Å². The van der Waals surface area contributed by atoms with Crippen LogP contribution in [0.15, 0.2) is 38.0 Å². The lowest BCUT2D eigenvalue weighted by Gasteiger charge is -2.32. The van der Waals surface area contributed by atoms with Gasteiger partial charge in [-0.25, -0.2) is 14.2 Å². The molecule has 4 rings (SSSR count). The molecular weight excluding hydrogens is 1130 g/mol. The van der Waals surface area contributed by atoms with Crippen LogP contribution in [0.3, 0.4) is 0 Å². The molecule has 2 aliphatic heterocycles. The summed E-state index contributed by atoms with van der Waals surface area (Å²) in [6.45, 7) is 5.19. The molecule has 2 saturated heterocycles. The number of phosphoric ester groups is 2. The second-order valence-corrected chi connectivity index (χ2v) is 25.6. The number of unbranched alkanes of at least 4 members (excludes halogenated alkanes) is 30. The van der Waals surface area contributed by atoms with Gasteiger partial charge in [-0.1, -0.05) is 212 Å². The molecule has 26 heteroatoms. The number of aromatic amines is 1. The molecule has 2 aliphatic rings. The van der Waals surface area contributed by atoms with Gasteiger partial charge in [-0.3, -0.25) is 32.5 Å². The first-order valence-corrected chi connectivity index (χ1v) is 34.8. The fraction of sp³-hybridized carbons (Fsp3) is 0.862. The minimum atomic E-state index is -5.63. The van der Waals surface area contributed by atoms with Crippen LogP contribution < -0.4 is 27.1 Å². The Bertz CT molecular complexity index is 2440. The van der Waals surface area contributed by atoms with E-state index in [0.717, 1.165) is 60.5 Å². The van der Waals surface area contributed by atoms with Crippen molar-refractivity contribution in [2.24, 2.45) is 5.11 Å². The van der Waals surface area contributed by atoms with E-state index in [1.165, 1.54) is 173 Å². The first kappa shape index (κ1) is 73.2. The zero-order valence-electron chi connectivity index (χ0n) is 50.6. The summed E-state index contributed by atoms with van der Waals surface area (Å²) in [6.07, 6.45) is 28.0. The van der Waals surface area contributed by atoms with Crippen molar-refractivity contribution in [2.75, 3.05) is 31.7 Å². The molecule has 0 bridgehead atoms. The summed E-state index contributed by atoms with van der Waals surface area (Å²) >= 11 is 0. The van der Waals surface area contributed by atoms with E-state index >= 15 is 0 Å². The predicted octanol–water partition coefficient (Wildman–Crippen LogP) is 11.4. The first-order chi connectivity index (χ1) is 40.5. The number of phosphoric acid groups is 2. The fourth-order valence-electron chi connectivity index (χ4n) is 11.0. The Morgan fingerprint density at radius 3 is 1.77 bits per heavy atom. The second kappa shape index (κ2) is 41.8. The maximum absolute atomic E-state index is 13.5. The molecule has 0 aliphatic carbocycles. The molecule has 11 unspecified atom stereocenters. The van der Waals surface area contributed by atoms with Gasteiger partial charge in [0.1, 0.15) is 30.4 Å². The third-order valence-electron chi connectivity index (χ3n) is 15.9. The van der Waals surface area contributed by atoms with Gasteiger partial charge in [-0.2, -0.15) is 4.98 Å². The van der Waals surface area contributed by atoms with Crippen LogP contribution in [-0.4, -0.2) is 108 Å². The second-order valence-electron chi connectivity index (χ2n) is 23.0. The van der Waals surface area contributed by atoms with Crippen LogP contribution in [0.5, 0.6) is 0 Å². The lowest BCUT2D eigenvalue weighted by atomic mass is 10.0. The molecule has 0 amide bonds. The normalized spacial score (nSPS) is 21.9. The van der Waals surface area contributed by atoms with Crippen molar-refractivity contribution in [3.8, 4) is 0 Å². The number of nitrogens with one attached hydrogen (secondary N) is 2. The molecule has 6 N–H and O–H groups in total. The number of aliphatic hydroxyl groups is 2. The van der Waals surface area contributed by atoms with Gasteiger partial charge in [-0.15, -0.1) is 0 Å². The number of hydrogen-bond acceptors (Lipinski definition) is 17. The summed E-state index contributed by atoms with van der Waals surface area (Å²) in [5.41, 5.74) is 7.22. The minimum absolute atomic E-state index is 0.0525. The van der Waals surface area contributed by atoms with Crippen molar-refractivity contribution >= 4 is 21.5 Å². The molecule has 2 fully saturated rings. The average molecular weight is 1230 g/mol. The van der Waals surface area contributed by atoms with E-state index in [9.17, 15) is 53.9 Å². The average Bonchev–Trinajstić information content (AvgIpc) is 2.56. The third-order valence-corrected chi connectivity index (χ3v) is 17.4. The molecular formula is C58H103N8O16P2-. The Kier molecular flexibility index (Phi) is 36.4. The standard InChI is InChI=1S/C58H104N8O16P2/c1-4-6-8-10-12-14-16-18-20-22-24-26-28-30-32-34-37-60-50-36-38-65(57(70)61-50)56-53(68)52(67)54(81-56)48(82-83(72,73)74)40-46(77-39-35-33-31-29-27-25-23-21-19-17-15-13-11-9-7-5-2)43-78-84(75,76)79-44-49-47(63-64-59)41-51(80-49)66-42-45(3)55(69)62-58(66)71/h36,38,42,46-49,51-54,56,67-68H,4-35,37,39-41,43-44H2,1-3H3,(H,75,76)(H,60,61,70)(H,62,69,71)(H2,72,73,74)/p-1. The molecule has 24 nitrogen and oxygen atoms in total. The summed E-state index contributed by atoms with van der Waals surface area (Å²) in [5.74, 6) is 0.290. The van der Waals surface area contributed by atoms with E-state index < -0.39 is 107 Å². The molecule has 2 aromatic rings. The summed E-state index contributed by atoms with van der Waals surface area (Å²) < 4.78 is 61.6. The zero-order valence-corrected chi connectivity index (χ0v) is 52.4. The highest BCUT2D eigenvalue weighted by Gasteiger charge is 2.49. The summed E-state index contributed by atoms with van der Waals surface area (Å²) in [7, 11) is -10.7. The van der Waals surface area contributed by atoms with Gasteiger partial charge >= 0.3 is 19.2 Å². The summed E-state index contributed by atoms with van der Waals surface area (Å²) in [4.78, 5) is 80.4. The molecule has 0 saturated carbocycles. The molecule has 0 radical (unpaired) electrons. The number of azide groups is 1. The Morgan fingerprint density at radius 1 is 0.762 bits per heavy atom. The van der Waals surface area contributed by atoms with Crippen LogP contribution in [0, 0.1) is 6.92 Å². The van der Waals surface area contributed by atoms with E-state index in [4.69, 9.17) is 27.8 Å². The van der Waals surface area contributed by atoms with Gasteiger partial charge in [0.2, 0.25) is 0 Å². The zero-order chi connectivity index (χ0) is 61.0. The maximum Gasteiger partial charge on any atom is 0.472 e. The molecule has 482 valence electrons. The summed E-state index contributed by atoms with van der Waals surface area (Å²) in [6, 6.07) is 0.528. The number of aromatic nitrogens is 4. The van der Waals surface area contributed by atoms with E-state index in [0.29, 0.717) is 18.8 Å².